The second-order valence-corrected chi connectivity index (χ2v) is 4.41. The summed E-state index contributed by atoms with van der Waals surface area (Å²) in [6.45, 7) is 2.25. The lowest BCUT2D eigenvalue weighted by molar-refractivity contribution is -0.141. The van der Waals surface area contributed by atoms with Gasteiger partial charge in [0.15, 0.2) is 0 Å². The van der Waals surface area contributed by atoms with E-state index in [4.69, 9.17) is 9.84 Å². The number of carbonyl (C=O) groups excluding carboxylic acids is 1. The lowest BCUT2D eigenvalue weighted by atomic mass is 10.2. The summed E-state index contributed by atoms with van der Waals surface area (Å²) < 4.78 is 5.14. The van der Waals surface area contributed by atoms with Crippen molar-refractivity contribution in [2.45, 2.75) is 18.6 Å². The second-order valence-electron chi connectivity index (χ2n) is 4.41. The van der Waals surface area contributed by atoms with E-state index < -0.39 is 24.1 Å². The van der Waals surface area contributed by atoms with Gasteiger partial charge in [0.1, 0.15) is 6.04 Å². The Morgan fingerprint density at radius 2 is 1.94 bits per heavy atom. The Hall–Kier alpha value is -1.38. The summed E-state index contributed by atoms with van der Waals surface area (Å²) in [5.41, 5.74) is 2.63. The van der Waals surface area contributed by atoms with Crippen molar-refractivity contribution in [3.8, 4) is 0 Å². The number of aliphatic hydroxyl groups is 1. The first kappa shape index (κ1) is 13.1. The van der Waals surface area contributed by atoms with Gasteiger partial charge in [0.2, 0.25) is 0 Å². The molecule has 18 heavy (non-hydrogen) atoms. The Morgan fingerprint density at radius 3 is 2.56 bits per heavy atom. The number of carboxylic acids is 1. The highest BCUT2D eigenvalue weighted by Gasteiger charge is 2.39. The number of morpholine rings is 1. The molecule has 0 aromatic rings. The molecule has 2 amide bonds. The number of hydrogen-bond donors (Lipinski definition) is 3. The Labute approximate surface area is 104 Å². The molecule has 2 unspecified atom stereocenters. The number of rotatable bonds is 2. The number of aliphatic carboxylic acids is 1. The van der Waals surface area contributed by atoms with Crippen molar-refractivity contribution in [1.82, 2.24) is 15.3 Å². The SMILES string of the molecule is O=C(O)C1CC(O)CN1C(=O)NN1CCOCC1. The number of ether oxygens (including phenoxy) is 1. The van der Waals surface area contributed by atoms with E-state index in [-0.39, 0.29) is 13.0 Å². The van der Waals surface area contributed by atoms with Gasteiger partial charge in [-0.25, -0.2) is 14.6 Å². The number of carboxylic acid groups (broad SMARTS) is 1. The number of aliphatic hydroxyl groups excluding tert-OH is 1. The quantitative estimate of drug-likeness (QED) is 0.555. The van der Waals surface area contributed by atoms with E-state index in [1.54, 1.807) is 5.01 Å². The van der Waals surface area contributed by atoms with E-state index in [9.17, 15) is 14.7 Å². The van der Waals surface area contributed by atoms with Crippen LogP contribution in [0, 0.1) is 0 Å². The second kappa shape index (κ2) is 5.51. The van der Waals surface area contributed by atoms with Crippen LogP contribution >= 0.6 is 0 Å². The Balaban J connectivity index is 1.92. The molecule has 0 aliphatic carbocycles. The third-order valence-electron chi connectivity index (χ3n) is 3.09. The summed E-state index contributed by atoms with van der Waals surface area (Å²) in [6.07, 6.45) is -0.701. The fraction of sp³-hybridized carbons (Fsp3) is 0.800. The maximum absolute atomic E-state index is 11.9. The van der Waals surface area contributed by atoms with Crippen molar-refractivity contribution in [2.75, 3.05) is 32.8 Å². The number of likely N-dealkylation sites (tertiary alicyclic amines) is 1. The number of nitrogens with one attached hydrogen (secondary N) is 1. The van der Waals surface area contributed by atoms with Crippen LogP contribution in [0.1, 0.15) is 6.42 Å². The average Bonchev–Trinajstić information content (AvgIpc) is 2.73. The predicted molar refractivity (Wildman–Crippen MR) is 59.7 cm³/mol. The third-order valence-corrected chi connectivity index (χ3v) is 3.09. The molecule has 0 saturated carbocycles. The van der Waals surface area contributed by atoms with Crippen LogP contribution in [-0.4, -0.2) is 77.1 Å². The van der Waals surface area contributed by atoms with Crippen molar-refractivity contribution in [3.63, 3.8) is 0 Å². The Bertz CT molecular complexity index is 331. The molecular formula is C10H17N3O5. The van der Waals surface area contributed by atoms with Gasteiger partial charge in [-0.15, -0.1) is 0 Å². The van der Waals surface area contributed by atoms with E-state index in [0.29, 0.717) is 26.3 Å². The van der Waals surface area contributed by atoms with Gasteiger partial charge < -0.3 is 19.8 Å². The molecule has 2 aliphatic rings. The summed E-state index contributed by atoms with van der Waals surface area (Å²) in [5.74, 6) is -1.09. The zero-order valence-corrected chi connectivity index (χ0v) is 9.91. The smallest absolute Gasteiger partial charge is 0.332 e. The first-order valence-corrected chi connectivity index (χ1v) is 5.88. The summed E-state index contributed by atoms with van der Waals surface area (Å²) in [7, 11) is 0. The third kappa shape index (κ3) is 2.89. The molecule has 2 heterocycles. The van der Waals surface area contributed by atoms with Gasteiger partial charge >= 0.3 is 12.0 Å². The van der Waals surface area contributed by atoms with Crippen LogP contribution in [0.25, 0.3) is 0 Å². The van der Waals surface area contributed by atoms with Crippen molar-refractivity contribution in [3.05, 3.63) is 0 Å². The minimum absolute atomic E-state index is 0.0488. The first-order chi connectivity index (χ1) is 8.58. The van der Waals surface area contributed by atoms with Crippen molar-refractivity contribution in [2.24, 2.45) is 0 Å². The van der Waals surface area contributed by atoms with Crippen LogP contribution in [0.2, 0.25) is 0 Å². The molecule has 3 N–H and O–H groups in total. The number of amides is 2. The van der Waals surface area contributed by atoms with E-state index in [0.717, 1.165) is 4.90 Å². The molecule has 0 aromatic heterocycles. The highest BCUT2D eigenvalue weighted by molar-refractivity contribution is 5.83. The van der Waals surface area contributed by atoms with Crippen LogP contribution in [0.15, 0.2) is 0 Å². The molecule has 2 saturated heterocycles. The van der Waals surface area contributed by atoms with Crippen LogP contribution in [0.5, 0.6) is 0 Å². The first-order valence-electron chi connectivity index (χ1n) is 5.88. The molecule has 0 spiro atoms. The van der Waals surface area contributed by atoms with Crippen LogP contribution in [0.4, 0.5) is 4.79 Å². The molecule has 2 atom stereocenters. The predicted octanol–water partition coefficient (Wildman–Crippen LogP) is -1.54. The molecule has 102 valence electrons. The fourth-order valence-electron chi connectivity index (χ4n) is 2.15. The zero-order chi connectivity index (χ0) is 13.1. The maximum Gasteiger partial charge on any atom is 0.332 e. The molecule has 2 fully saturated rings. The summed E-state index contributed by atoms with van der Waals surface area (Å²) >= 11 is 0. The molecule has 8 nitrogen and oxygen atoms in total. The zero-order valence-electron chi connectivity index (χ0n) is 9.91. The average molecular weight is 259 g/mol. The van der Waals surface area contributed by atoms with Gasteiger partial charge in [-0.3, -0.25) is 5.43 Å². The maximum atomic E-state index is 11.9. The van der Waals surface area contributed by atoms with Gasteiger partial charge in [-0.1, -0.05) is 0 Å². The lowest BCUT2D eigenvalue weighted by Crippen LogP contribution is -2.54. The van der Waals surface area contributed by atoms with Gasteiger partial charge in [-0.05, 0) is 0 Å². The Kier molecular flexibility index (Phi) is 4.00. The van der Waals surface area contributed by atoms with Gasteiger partial charge in [-0.2, -0.15) is 0 Å². The van der Waals surface area contributed by atoms with Crippen molar-refractivity contribution in [1.29, 1.82) is 0 Å². The van der Waals surface area contributed by atoms with Crippen LogP contribution in [0.3, 0.4) is 0 Å². The monoisotopic (exact) mass is 259 g/mol. The Morgan fingerprint density at radius 1 is 1.28 bits per heavy atom. The van der Waals surface area contributed by atoms with Crippen molar-refractivity contribution >= 4 is 12.0 Å². The normalized spacial score (nSPS) is 29.3. The lowest BCUT2D eigenvalue weighted by Gasteiger charge is -2.30. The van der Waals surface area contributed by atoms with E-state index in [1.807, 2.05) is 0 Å². The topological polar surface area (TPSA) is 102 Å². The molecule has 0 bridgehead atoms. The number of hydrazine groups is 1. The van der Waals surface area contributed by atoms with E-state index >= 15 is 0 Å². The van der Waals surface area contributed by atoms with Gasteiger partial charge in [0.05, 0.1) is 19.3 Å². The summed E-state index contributed by atoms with van der Waals surface area (Å²) in [4.78, 5) is 24.1. The molecule has 0 radical (unpaired) electrons. The standard InChI is InChI=1S/C10H17N3O5/c14-7-5-8(9(15)16)13(6-7)10(17)11-12-1-3-18-4-2-12/h7-8,14H,1-6H2,(H,11,17)(H,15,16). The van der Waals surface area contributed by atoms with Gasteiger partial charge in [0.25, 0.3) is 0 Å². The highest BCUT2D eigenvalue weighted by atomic mass is 16.5. The van der Waals surface area contributed by atoms with Crippen LogP contribution in [-0.2, 0) is 9.53 Å². The molecular weight excluding hydrogens is 242 g/mol. The highest BCUT2D eigenvalue weighted by Crippen LogP contribution is 2.18. The summed E-state index contributed by atoms with van der Waals surface area (Å²) in [6, 6.07) is -1.44. The van der Waals surface area contributed by atoms with Gasteiger partial charge in [0, 0.05) is 26.1 Å². The number of nitrogens with zero attached hydrogens (tertiary/aromatic N) is 2. The number of urea groups is 1. The number of carbonyl (C=O) groups is 2. The number of β-amino-alcohol motifs (C(OH)–C–C–N with tert-alkyl or cyclic N) is 1. The molecule has 2 aliphatic heterocycles. The minimum Gasteiger partial charge on any atom is -0.480 e. The molecule has 2 rings (SSSR count). The van der Waals surface area contributed by atoms with Crippen LogP contribution < -0.4 is 5.43 Å². The van der Waals surface area contributed by atoms with Crippen molar-refractivity contribution < 1.29 is 24.5 Å². The molecule has 0 aromatic carbocycles. The number of hydrogen-bond acceptors (Lipinski definition) is 5. The fourth-order valence-corrected chi connectivity index (χ4v) is 2.15. The van der Waals surface area contributed by atoms with E-state index in [1.165, 1.54) is 0 Å². The van der Waals surface area contributed by atoms with E-state index in [2.05, 4.69) is 5.43 Å². The largest absolute Gasteiger partial charge is 0.480 e. The molecule has 8 heteroatoms. The minimum atomic E-state index is -1.09. The summed E-state index contributed by atoms with van der Waals surface area (Å²) in [5, 5.41) is 20.1.